The molecule has 0 saturated heterocycles. The van der Waals surface area contributed by atoms with Gasteiger partial charge in [0.1, 0.15) is 5.75 Å². The van der Waals surface area contributed by atoms with Crippen molar-refractivity contribution in [3.05, 3.63) is 54.1 Å². The van der Waals surface area contributed by atoms with Crippen LogP contribution in [0, 0.1) is 5.92 Å². The van der Waals surface area contributed by atoms with E-state index in [1.54, 1.807) is 5.56 Å². The van der Waals surface area contributed by atoms with E-state index in [1.807, 2.05) is 0 Å². The summed E-state index contributed by atoms with van der Waals surface area (Å²) < 4.78 is 5.95. The van der Waals surface area contributed by atoms with Crippen LogP contribution in [0.25, 0.3) is 11.1 Å². The minimum Gasteiger partial charge on any atom is -0.494 e. The summed E-state index contributed by atoms with van der Waals surface area (Å²) in [6.45, 7) is 5.40. The molecule has 1 nitrogen and oxygen atoms in total. The van der Waals surface area contributed by atoms with E-state index in [0.29, 0.717) is 0 Å². The average Bonchev–Trinajstić information content (AvgIpc) is 2.89. The highest BCUT2D eigenvalue weighted by atomic mass is 16.5. The maximum absolute atomic E-state index is 5.95. The third-order valence-corrected chi connectivity index (χ3v) is 7.90. The van der Waals surface area contributed by atoms with E-state index in [0.717, 1.165) is 30.6 Å². The second-order valence-electron chi connectivity index (χ2n) is 10.7. The van der Waals surface area contributed by atoms with Gasteiger partial charge in [0.2, 0.25) is 0 Å². The zero-order valence-corrected chi connectivity index (χ0v) is 22.2. The molecular weight excluding hydrogens is 412 g/mol. The summed E-state index contributed by atoms with van der Waals surface area (Å²) in [7, 11) is 0. The number of rotatable bonds is 16. The van der Waals surface area contributed by atoms with Crippen LogP contribution in [0.15, 0.2) is 48.5 Å². The van der Waals surface area contributed by atoms with Crippen molar-refractivity contribution in [2.75, 3.05) is 6.61 Å². The van der Waals surface area contributed by atoms with Gasteiger partial charge in [0.05, 0.1) is 6.61 Å². The minimum atomic E-state index is 0.767. The van der Waals surface area contributed by atoms with E-state index in [1.165, 1.54) is 107 Å². The third kappa shape index (κ3) is 9.47. The zero-order valence-electron chi connectivity index (χ0n) is 22.2. The molecule has 0 radical (unpaired) electrons. The van der Waals surface area contributed by atoms with Gasteiger partial charge in [0, 0.05) is 0 Å². The fraction of sp³-hybridized carbons (Fsp3) is 0.636. The van der Waals surface area contributed by atoms with Crippen molar-refractivity contribution in [3.63, 3.8) is 0 Å². The van der Waals surface area contributed by atoms with E-state index in [-0.39, 0.29) is 0 Å². The van der Waals surface area contributed by atoms with Gasteiger partial charge in [-0.1, -0.05) is 121 Å². The van der Waals surface area contributed by atoms with Crippen molar-refractivity contribution < 1.29 is 4.74 Å². The van der Waals surface area contributed by atoms with Crippen LogP contribution in [-0.2, 0) is 0 Å². The maximum atomic E-state index is 5.95. The summed E-state index contributed by atoms with van der Waals surface area (Å²) in [6, 6.07) is 18.1. The Labute approximate surface area is 210 Å². The lowest BCUT2D eigenvalue weighted by molar-refractivity contribution is 0.302. The largest absolute Gasteiger partial charge is 0.494 e. The Hall–Kier alpha value is -1.76. The van der Waals surface area contributed by atoms with Gasteiger partial charge in [0.15, 0.2) is 0 Å². The first-order valence-corrected chi connectivity index (χ1v) is 14.6. The van der Waals surface area contributed by atoms with Gasteiger partial charge in [-0.15, -0.1) is 0 Å². The number of ether oxygens (including phenoxy) is 1. The monoisotopic (exact) mass is 462 g/mol. The molecule has 0 bridgehead atoms. The molecule has 1 aliphatic carbocycles. The van der Waals surface area contributed by atoms with Crippen molar-refractivity contribution in [1.29, 1.82) is 0 Å². The van der Waals surface area contributed by atoms with Gasteiger partial charge in [-0.25, -0.2) is 0 Å². The van der Waals surface area contributed by atoms with Gasteiger partial charge >= 0.3 is 0 Å². The molecule has 34 heavy (non-hydrogen) atoms. The van der Waals surface area contributed by atoms with Crippen molar-refractivity contribution in [2.24, 2.45) is 5.92 Å². The highest BCUT2D eigenvalue weighted by Gasteiger charge is 2.22. The predicted molar refractivity (Wildman–Crippen MR) is 149 cm³/mol. The Morgan fingerprint density at radius 2 is 1.12 bits per heavy atom. The van der Waals surface area contributed by atoms with Crippen LogP contribution in [0.1, 0.15) is 128 Å². The SMILES string of the molecule is CCCCCCCCOc1ccc(-c2ccc(C3CCC(CCCCCCC)CC3)cc2)cc1. The number of unbranched alkanes of at least 4 members (excludes halogenated alkanes) is 9. The molecule has 0 atom stereocenters. The van der Waals surface area contributed by atoms with E-state index in [2.05, 4.69) is 62.4 Å². The highest BCUT2D eigenvalue weighted by Crippen LogP contribution is 2.38. The molecule has 0 aliphatic heterocycles. The molecule has 1 heteroatoms. The minimum absolute atomic E-state index is 0.767. The lowest BCUT2D eigenvalue weighted by atomic mass is 9.77. The summed E-state index contributed by atoms with van der Waals surface area (Å²) in [6.07, 6.45) is 22.0. The lowest BCUT2D eigenvalue weighted by Crippen LogP contribution is -2.13. The first-order chi connectivity index (χ1) is 16.8. The van der Waals surface area contributed by atoms with E-state index in [4.69, 9.17) is 4.74 Å². The van der Waals surface area contributed by atoms with Gasteiger partial charge in [-0.2, -0.15) is 0 Å². The molecule has 1 aliphatic rings. The Morgan fingerprint density at radius 3 is 1.74 bits per heavy atom. The first-order valence-electron chi connectivity index (χ1n) is 14.6. The predicted octanol–water partition coefficient (Wildman–Crippen LogP) is 10.7. The fourth-order valence-electron chi connectivity index (χ4n) is 5.58. The standard InChI is InChI=1S/C33H50O/c1-3-5-7-9-11-13-27-34-33-25-23-32(24-26-33)31-21-19-30(20-22-31)29-17-15-28(16-18-29)14-12-10-8-6-4-2/h19-26,28-29H,3-18,27H2,1-2H3. The Balaban J connectivity index is 1.37. The molecule has 0 spiro atoms. The van der Waals surface area contributed by atoms with Gasteiger partial charge < -0.3 is 4.74 Å². The molecule has 2 aromatic rings. The van der Waals surface area contributed by atoms with Crippen molar-refractivity contribution >= 4 is 0 Å². The van der Waals surface area contributed by atoms with Crippen LogP contribution in [0.3, 0.4) is 0 Å². The molecule has 0 unspecified atom stereocenters. The Kier molecular flexibility index (Phi) is 12.6. The second kappa shape index (κ2) is 16.0. The normalized spacial score (nSPS) is 18.2. The molecule has 3 rings (SSSR count). The van der Waals surface area contributed by atoms with Gasteiger partial charge in [-0.05, 0) is 72.8 Å². The molecule has 0 amide bonds. The van der Waals surface area contributed by atoms with Crippen molar-refractivity contribution in [1.82, 2.24) is 0 Å². The summed E-state index contributed by atoms with van der Waals surface area (Å²) in [4.78, 5) is 0. The number of hydrogen-bond acceptors (Lipinski definition) is 1. The van der Waals surface area contributed by atoms with Gasteiger partial charge in [-0.3, -0.25) is 0 Å². The molecule has 1 saturated carbocycles. The summed E-state index contributed by atoms with van der Waals surface area (Å²) in [5.41, 5.74) is 4.14. The average molecular weight is 463 g/mol. The van der Waals surface area contributed by atoms with E-state index < -0.39 is 0 Å². The van der Waals surface area contributed by atoms with Crippen LogP contribution < -0.4 is 4.74 Å². The molecule has 188 valence electrons. The van der Waals surface area contributed by atoms with E-state index >= 15 is 0 Å². The summed E-state index contributed by atoms with van der Waals surface area (Å²) in [5.74, 6) is 2.75. The summed E-state index contributed by atoms with van der Waals surface area (Å²) >= 11 is 0. The van der Waals surface area contributed by atoms with Crippen LogP contribution in [0.2, 0.25) is 0 Å². The number of hydrogen-bond donors (Lipinski definition) is 0. The fourth-order valence-corrected chi connectivity index (χ4v) is 5.58. The molecule has 2 aromatic carbocycles. The highest BCUT2D eigenvalue weighted by molar-refractivity contribution is 5.64. The summed E-state index contributed by atoms with van der Waals surface area (Å²) in [5, 5.41) is 0. The zero-order chi connectivity index (χ0) is 23.8. The maximum Gasteiger partial charge on any atom is 0.119 e. The van der Waals surface area contributed by atoms with Crippen LogP contribution in [-0.4, -0.2) is 6.61 Å². The van der Waals surface area contributed by atoms with Crippen LogP contribution in [0.4, 0.5) is 0 Å². The topological polar surface area (TPSA) is 9.23 Å². The van der Waals surface area contributed by atoms with E-state index in [9.17, 15) is 0 Å². The molecule has 1 fully saturated rings. The smallest absolute Gasteiger partial charge is 0.119 e. The van der Waals surface area contributed by atoms with Crippen molar-refractivity contribution in [2.45, 2.75) is 122 Å². The van der Waals surface area contributed by atoms with Gasteiger partial charge in [0.25, 0.3) is 0 Å². The first kappa shape index (κ1) is 26.8. The lowest BCUT2D eigenvalue weighted by Gasteiger charge is -2.29. The Bertz CT molecular complexity index is 752. The molecule has 0 heterocycles. The molecule has 0 N–H and O–H groups in total. The number of benzene rings is 2. The molecule has 0 aromatic heterocycles. The quantitative estimate of drug-likeness (QED) is 0.225. The van der Waals surface area contributed by atoms with Crippen LogP contribution >= 0.6 is 0 Å². The third-order valence-electron chi connectivity index (χ3n) is 7.90. The molecular formula is C33H50O. The van der Waals surface area contributed by atoms with Crippen LogP contribution in [0.5, 0.6) is 5.75 Å². The van der Waals surface area contributed by atoms with Crippen molar-refractivity contribution in [3.8, 4) is 16.9 Å². The second-order valence-corrected chi connectivity index (χ2v) is 10.7. The Morgan fingerprint density at radius 1 is 0.588 bits per heavy atom.